The first-order valence-corrected chi connectivity index (χ1v) is 7.48. The van der Waals surface area contributed by atoms with E-state index in [1.165, 1.54) is 11.8 Å². The monoisotopic (exact) mass is 294 g/mol. The minimum atomic E-state index is -0.203. The molecule has 0 bridgehead atoms. The maximum absolute atomic E-state index is 12.1. The predicted octanol–water partition coefficient (Wildman–Crippen LogP) is 1.48. The second kappa shape index (κ2) is 6.28. The second-order valence-corrected chi connectivity index (χ2v) is 5.99. The highest BCUT2D eigenvalue weighted by molar-refractivity contribution is 8.00. The molecule has 0 spiro atoms. The summed E-state index contributed by atoms with van der Waals surface area (Å²) in [5.74, 6) is 0.142. The van der Waals surface area contributed by atoms with Crippen molar-refractivity contribution >= 4 is 29.3 Å². The minimum Gasteiger partial charge on any atom is -0.396 e. The zero-order valence-corrected chi connectivity index (χ0v) is 12.3. The van der Waals surface area contributed by atoms with Crippen molar-refractivity contribution in [3.05, 3.63) is 23.8 Å². The zero-order chi connectivity index (χ0) is 14.7. The second-order valence-electron chi connectivity index (χ2n) is 4.97. The lowest BCUT2D eigenvalue weighted by Crippen LogP contribution is -2.38. The van der Waals surface area contributed by atoms with Crippen molar-refractivity contribution < 1.29 is 14.7 Å². The highest BCUT2D eigenvalue weighted by atomic mass is 32.2. The number of anilines is 1. The van der Waals surface area contributed by atoms with Crippen LogP contribution in [0.4, 0.5) is 5.69 Å². The van der Waals surface area contributed by atoms with E-state index in [4.69, 9.17) is 5.11 Å². The maximum Gasteiger partial charge on any atom is 0.251 e. The van der Waals surface area contributed by atoms with Gasteiger partial charge in [0.25, 0.3) is 5.91 Å². The number of fused-ring (bicyclic) bond motifs is 1. The fourth-order valence-corrected chi connectivity index (χ4v) is 2.60. The van der Waals surface area contributed by atoms with Gasteiger partial charge in [0.2, 0.25) is 5.91 Å². The molecular formula is C14H18N2O3S. The highest BCUT2D eigenvalue weighted by Crippen LogP contribution is 2.31. The van der Waals surface area contributed by atoms with Crippen molar-refractivity contribution in [2.75, 3.05) is 17.7 Å². The van der Waals surface area contributed by atoms with Gasteiger partial charge in [0.15, 0.2) is 0 Å². The molecule has 0 aromatic heterocycles. The van der Waals surface area contributed by atoms with Crippen molar-refractivity contribution in [2.24, 2.45) is 5.92 Å². The van der Waals surface area contributed by atoms with Crippen molar-refractivity contribution in [1.29, 1.82) is 0 Å². The van der Waals surface area contributed by atoms with E-state index in [1.54, 1.807) is 12.1 Å². The number of aliphatic hydroxyl groups is 1. The van der Waals surface area contributed by atoms with Crippen molar-refractivity contribution in [3.63, 3.8) is 0 Å². The van der Waals surface area contributed by atoms with Gasteiger partial charge in [-0.25, -0.2) is 0 Å². The molecule has 0 saturated heterocycles. The molecule has 20 heavy (non-hydrogen) atoms. The van der Waals surface area contributed by atoms with E-state index in [2.05, 4.69) is 10.6 Å². The van der Waals surface area contributed by atoms with Gasteiger partial charge < -0.3 is 15.7 Å². The summed E-state index contributed by atoms with van der Waals surface area (Å²) in [6, 6.07) is 5.15. The number of rotatable bonds is 4. The first-order valence-electron chi connectivity index (χ1n) is 6.49. The quantitative estimate of drug-likeness (QED) is 0.786. The van der Waals surface area contributed by atoms with Gasteiger partial charge in [0, 0.05) is 23.1 Å². The Morgan fingerprint density at radius 2 is 2.25 bits per heavy atom. The van der Waals surface area contributed by atoms with Crippen LogP contribution in [-0.4, -0.2) is 35.3 Å². The molecule has 2 amide bonds. The Bertz CT molecular complexity index is 533. The fourth-order valence-electron chi connectivity index (χ4n) is 1.81. The third-order valence-corrected chi connectivity index (χ3v) is 4.45. The third kappa shape index (κ3) is 3.32. The summed E-state index contributed by atoms with van der Waals surface area (Å²) in [5, 5.41) is 14.7. The number of benzene rings is 1. The molecule has 2 atom stereocenters. The molecule has 0 saturated carbocycles. The van der Waals surface area contributed by atoms with Gasteiger partial charge in [-0.3, -0.25) is 9.59 Å². The van der Waals surface area contributed by atoms with Crippen molar-refractivity contribution in [3.8, 4) is 0 Å². The summed E-state index contributed by atoms with van der Waals surface area (Å²) < 4.78 is 0. The van der Waals surface area contributed by atoms with E-state index in [-0.39, 0.29) is 30.4 Å². The molecule has 2 unspecified atom stereocenters. The average molecular weight is 294 g/mol. The molecule has 1 aliphatic heterocycles. The van der Waals surface area contributed by atoms with E-state index in [0.717, 1.165) is 4.90 Å². The number of hydrogen-bond acceptors (Lipinski definition) is 4. The Morgan fingerprint density at radius 3 is 2.95 bits per heavy atom. The van der Waals surface area contributed by atoms with Gasteiger partial charge in [-0.1, -0.05) is 6.92 Å². The largest absolute Gasteiger partial charge is 0.396 e. The van der Waals surface area contributed by atoms with Crippen LogP contribution in [0.2, 0.25) is 0 Å². The van der Waals surface area contributed by atoms with Crippen LogP contribution in [0.5, 0.6) is 0 Å². The molecule has 1 heterocycles. The third-order valence-electron chi connectivity index (χ3n) is 3.37. The lowest BCUT2D eigenvalue weighted by molar-refractivity contribution is -0.113. The lowest BCUT2D eigenvalue weighted by atomic mass is 10.0. The Morgan fingerprint density at radius 1 is 1.50 bits per heavy atom. The minimum absolute atomic E-state index is 0.00756. The molecule has 0 fully saturated rings. The van der Waals surface area contributed by atoms with Crippen molar-refractivity contribution in [1.82, 2.24) is 5.32 Å². The van der Waals surface area contributed by atoms with Crippen LogP contribution in [0.1, 0.15) is 24.2 Å². The van der Waals surface area contributed by atoms with Gasteiger partial charge in [-0.2, -0.15) is 0 Å². The molecule has 1 aliphatic rings. The molecular weight excluding hydrogens is 276 g/mol. The summed E-state index contributed by atoms with van der Waals surface area (Å²) in [6.07, 6.45) is 0. The Labute approximate surface area is 122 Å². The highest BCUT2D eigenvalue weighted by Gasteiger charge is 2.19. The lowest BCUT2D eigenvalue weighted by Gasteiger charge is -2.20. The molecule has 3 N–H and O–H groups in total. The average Bonchev–Trinajstić information content (AvgIpc) is 2.45. The fraction of sp³-hybridized carbons (Fsp3) is 0.429. The summed E-state index contributed by atoms with van der Waals surface area (Å²) in [6.45, 7) is 3.75. The van der Waals surface area contributed by atoms with Crippen LogP contribution in [0.15, 0.2) is 23.1 Å². The summed E-state index contributed by atoms with van der Waals surface area (Å²) in [4.78, 5) is 24.5. The number of aliphatic hydroxyl groups excluding tert-OH is 1. The Kier molecular flexibility index (Phi) is 4.67. The van der Waals surface area contributed by atoms with E-state index >= 15 is 0 Å². The van der Waals surface area contributed by atoms with Crippen LogP contribution in [0.25, 0.3) is 0 Å². The predicted molar refractivity (Wildman–Crippen MR) is 79.0 cm³/mol. The molecule has 2 rings (SSSR count). The van der Waals surface area contributed by atoms with E-state index in [1.807, 2.05) is 19.9 Å². The maximum atomic E-state index is 12.1. The topological polar surface area (TPSA) is 78.4 Å². The van der Waals surface area contributed by atoms with Crippen LogP contribution in [-0.2, 0) is 4.79 Å². The number of nitrogens with one attached hydrogen (secondary N) is 2. The molecule has 0 aliphatic carbocycles. The molecule has 5 nitrogen and oxygen atoms in total. The summed E-state index contributed by atoms with van der Waals surface area (Å²) in [7, 11) is 0. The Balaban J connectivity index is 2.11. The van der Waals surface area contributed by atoms with E-state index < -0.39 is 0 Å². The van der Waals surface area contributed by atoms with Crippen LogP contribution < -0.4 is 10.6 Å². The molecule has 6 heteroatoms. The van der Waals surface area contributed by atoms with Crippen molar-refractivity contribution in [2.45, 2.75) is 24.8 Å². The zero-order valence-electron chi connectivity index (χ0n) is 11.5. The van der Waals surface area contributed by atoms with Crippen LogP contribution >= 0.6 is 11.8 Å². The molecule has 1 aromatic carbocycles. The first-order chi connectivity index (χ1) is 9.51. The smallest absolute Gasteiger partial charge is 0.251 e. The molecule has 1 aromatic rings. The number of hydrogen-bond donors (Lipinski definition) is 3. The number of carbonyl (C=O) groups excluding carboxylic acids is 2. The first kappa shape index (κ1) is 14.9. The van der Waals surface area contributed by atoms with Gasteiger partial charge >= 0.3 is 0 Å². The van der Waals surface area contributed by atoms with E-state index in [0.29, 0.717) is 17.0 Å². The SMILES string of the molecule is CC(CO)C(C)NC(=O)c1ccc2c(c1)NC(=O)CS2. The molecule has 0 radical (unpaired) electrons. The summed E-state index contributed by atoms with van der Waals surface area (Å²) >= 11 is 1.46. The number of thioether (sulfide) groups is 1. The molecule has 108 valence electrons. The van der Waals surface area contributed by atoms with Gasteiger partial charge in [0.1, 0.15) is 0 Å². The number of amides is 2. The van der Waals surface area contributed by atoms with Crippen LogP contribution in [0.3, 0.4) is 0 Å². The van der Waals surface area contributed by atoms with Gasteiger partial charge in [0.05, 0.1) is 11.4 Å². The Hall–Kier alpha value is -1.53. The number of carbonyl (C=O) groups is 2. The summed E-state index contributed by atoms with van der Waals surface area (Å²) in [5.41, 5.74) is 1.19. The standard InChI is InChI=1S/C14H18N2O3S/c1-8(6-17)9(2)15-14(19)10-3-4-12-11(5-10)16-13(18)7-20-12/h3-5,8-9,17H,6-7H2,1-2H3,(H,15,19)(H,16,18). The van der Waals surface area contributed by atoms with Gasteiger partial charge in [-0.15, -0.1) is 11.8 Å². The normalized spacial score (nSPS) is 16.9. The van der Waals surface area contributed by atoms with Gasteiger partial charge in [-0.05, 0) is 31.0 Å². The van der Waals surface area contributed by atoms with Crippen LogP contribution in [0, 0.1) is 5.92 Å². The van der Waals surface area contributed by atoms with E-state index in [9.17, 15) is 9.59 Å².